The molecule has 0 bridgehead atoms. The van der Waals surface area contributed by atoms with Crippen LogP contribution in [0.1, 0.15) is 26.5 Å². The number of nitrogens with one attached hydrogen (secondary N) is 3. The van der Waals surface area contributed by atoms with Crippen molar-refractivity contribution in [2.24, 2.45) is 0 Å². The van der Waals surface area contributed by atoms with Gasteiger partial charge in [-0.15, -0.1) is 0 Å². The molecule has 154 valence electrons. The van der Waals surface area contributed by atoms with Gasteiger partial charge < -0.3 is 14.6 Å². The number of H-pyrrole nitrogens is 1. The molecule has 1 aromatic carbocycles. The summed E-state index contributed by atoms with van der Waals surface area (Å²) >= 11 is 0. The maximum atomic E-state index is 14.5. The van der Waals surface area contributed by atoms with Crippen LogP contribution in [0.3, 0.4) is 0 Å². The maximum absolute atomic E-state index is 14.5. The molecule has 3 aromatic heterocycles. The highest BCUT2D eigenvalue weighted by Crippen LogP contribution is 2.28. The molecule has 0 aliphatic rings. The largest absolute Gasteiger partial charge is 0.438 e. The zero-order chi connectivity index (χ0) is 21.3. The number of aromatic amines is 1. The van der Waals surface area contributed by atoms with Crippen LogP contribution in [0.5, 0.6) is 11.6 Å². The van der Waals surface area contributed by atoms with Gasteiger partial charge in [0.15, 0.2) is 11.5 Å². The summed E-state index contributed by atoms with van der Waals surface area (Å²) in [5.41, 5.74) is 0.213. The second-order valence-corrected chi connectivity index (χ2v) is 7.46. The standard InChI is InChI=1S/C19H18FN7O3/c1-19(2,3)14-7-15(27-30-14)25-18(28)24-13-5-4-10(6-12(13)20)29-17-11-8-23-26-16(11)21-9-22-17/h4-9H,1-3H3,(H,21,22,23,26)(H2,24,25,27,28). The highest BCUT2D eigenvalue weighted by Gasteiger charge is 2.20. The van der Waals surface area contributed by atoms with Crippen LogP contribution in [-0.4, -0.2) is 31.4 Å². The number of amides is 2. The number of carbonyl (C=O) groups is 1. The lowest BCUT2D eigenvalue weighted by molar-refractivity contribution is 0.261. The van der Waals surface area contributed by atoms with Gasteiger partial charge in [-0.3, -0.25) is 10.4 Å². The molecule has 11 heteroatoms. The molecule has 0 saturated carbocycles. The van der Waals surface area contributed by atoms with Gasteiger partial charge in [-0.2, -0.15) is 5.10 Å². The Kier molecular flexibility index (Phi) is 4.78. The molecule has 2 amide bonds. The second kappa shape index (κ2) is 7.43. The van der Waals surface area contributed by atoms with Crippen molar-refractivity contribution < 1.29 is 18.4 Å². The number of nitrogens with zero attached hydrogens (tertiary/aromatic N) is 4. The van der Waals surface area contributed by atoms with Crippen LogP contribution in [0, 0.1) is 5.82 Å². The number of rotatable bonds is 4. The quantitative estimate of drug-likeness (QED) is 0.458. The fraction of sp³-hybridized carbons (Fsp3) is 0.211. The van der Waals surface area contributed by atoms with E-state index in [1.807, 2.05) is 20.8 Å². The third-order valence-corrected chi connectivity index (χ3v) is 4.11. The Hall–Kier alpha value is -4.02. The molecular formula is C19H18FN7O3. The molecule has 0 fully saturated rings. The highest BCUT2D eigenvalue weighted by atomic mass is 19.1. The average Bonchev–Trinajstić information content (AvgIpc) is 3.33. The number of urea groups is 1. The summed E-state index contributed by atoms with van der Waals surface area (Å²) in [6, 6.07) is 4.97. The lowest BCUT2D eigenvalue weighted by atomic mass is 9.93. The minimum absolute atomic E-state index is 0.0319. The summed E-state index contributed by atoms with van der Waals surface area (Å²) in [7, 11) is 0. The van der Waals surface area contributed by atoms with Gasteiger partial charge in [0.2, 0.25) is 5.88 Å². The summed E-state index contributed by atoms with van der Waals surface area (Å²) in [6.45, 7) is 5.86. The number of benzene rings is 1. The summed E-state index contributed by atoms with van der Waals surface area (Å²) < 4.78 is 25.3. The van der Waals surface area contributed by atoms with Crippen LogP contribution < -0.4 is 15.4 Å². The molecule has 0 aliphatic carbocycles. The SMILES string of the molecule is CC(C)(C)c1cc(NC(=O)Nc2ccc(Oc3ncnc4[nH]ncc34)cc2F)no1. The Morgan fingerprint density at radius 3 is 2.77 bits per heavy atom. The van der Waals surface area contributed by atoms with Crippen molar-refractivity contribution in [3.05, 3.63) is 48.4 Å². The molecule has 4 aromatic rings. The molecule has 0 radical (unpaired) electrons. The number of carbonyl (C=O) groups excluding carboxylic acids is 1. The van der Waals surface area contributed by atoms with Gasteiger partial charge in [0.25, 0.3) is 0 Å². The predicted molar refractivity (Wildman–Crippen MR) is 106 cm³/mol. The molecule has 0 aliphatic heterocycles. The smallest absolute Gasteiger partial charge is 0.325 e. The Morgan fingerprint density at radius 1 is 1.20 bits per heavy atom. The molecule has 3 heterocycles. The van der Waals surface area contributed by atoms with Crippen LogP contribution in [0.4, 0.5) is 20.7 Å². The number of hydrogen-bond acceptors (Lipinski definition) is 7. The number of ether oxygens (including phenoxy) is 1. The summed E-state index contributed by atoms with van der Waals surface area (Å²) in [6.07, 6.45) is 2.82. The molecular weight excluding hydrogens is 393 g/mol. The van der Waals surface area contributed by atoms with Gasteiger partial charge >= 0.3 is 6.03 Å². The van der Waals surface area contributed by atoms with Gasteiger partial charge in [-0.1, -0.05) is 25.9 Å². The predicted octanol–water partition coefficient (Wildman–Crippen LogP) is 4.21. The van der Waals surface area contributed by atoms with Gasteiger partial charge in [-0.05, 0) is 12.1 Å². The van der Waals surface area contributed by atoms with Crippen molar-refractivity contribution in [3.8, 4) is 11.6 Å². The maximum Gasteiger partial charge on any atom is 0.325 e. The first-order valence-corrected chi connectivity index (χ1v) is 8.96. The molecule has 0 saturated heterocycles. The first kappa shape index (κ1) is 19.3. The van der Waals surface area contributed by atoms with Gasteiger partial charge in [-0.25, -0.2) is 19.2 Å². The normalized spacial score (nSPS) is 11.5. The Morgan fingerprint density at radius 2 is 2.03 bits per heavy atom. The van der Waals surface area contributed by atoms with E-state index in [2.05, 4.69) is 36.0 Å². The summed E-state index contributed by atoms with van der Waals surface area (Å²) in [4.78, 5) is 20.2. The molecule has 4 rings (SSSR count). The third-order valence-electron chi connectivity index (χ3n) is 4.11. The van der Waals surface area contributed by atoms with E-state index in [4.69, 9.17) is 9.26 Å². The Balaban J connectivity index is 1.43. The fourth-order valence-corrected chi connectivity index (χ4v) is 2.55. The minimum Gasteiger partial charge on any atom is -0.438 e. The summed E-state index contributed by atoms with van der Waals surface area (Å²) in [5, 5.41) is 15.8. The first-order chi connectivity index (χ1) is 14.3. The number of hydrogen-bond donors (Lipinski definition) is 3. The van der Waals surface area contributed by atoms with Crippen molar-refractivity contribution in [3.63, 3.8) is 0 Å². The van der Waals surface area contributed by atoms with E-state index >= 15 is 0 Å². The molecule has 3 N–H and O–H groups in total. The zero-order valence-electron chi connectivity index (χ0n) is 16.4. The van der Waals surface area contributed by atoms with Crippen LogP contribution in [0.15, 0.2) is 41.3 Å². The fourth-order valence-electron chi connectivity index (χ4n) is 2.55. The Labute approximate surface area is 169 Å². The molecule has 30 heavy (non-hydrogen) atoms. The van der Waals surface area contributed by atoms with E-state index in [0.717, 1.165) is 6.07 Å². The van der Waals surface area contributed by atoms with E-state index in [9.17, 15) is 9.18 Å². The van der Waals surface area contributed by atoms with Crippen LogP contribution in [-0.2, 0) is 5.41 Å². The van der Waals surface area contributed by atoms with Crippen molar-refractivity contribution in [2.75, 3.05) is 10.6 Å². The minimum atomic E-state index is -0.685. The highest BCUT2D eigenvalue weighted by molar-refractivity contribution is 5.99. The van der Waals surface area contributed by atoms with Gasteiger partial charge in [0, 0.05) is 17.5 Å². The van der Waals surface area contributed by atoms with E-state index in [1.54, 1.807) is 6.07 Å². The molecule has 0 spiro atoms. The average molecular weight is 411 g/mol. The number of aromatic nitrogens is 5. The first-order valence-electron chi connectivity index (χ1n) is 8.96. The summed E-state index contributed by atoms with van der Waals surface area (Å²) in [5.74, 6) is 0.585. The Bertz CT molecular complexity index is 1210. The molecule has 0 atom stereocenters. The van der Waals surface area contributed by atoms with E-state index in [-0.39, 0.29) is 28.5 Å². The number of anilines is 2. The van der Waals surface area contributed by atoms with Crippen molar-refractivity contribution in [2.45, 2.75) is 26.2 Å². The van der Waals surface area contributed by atoms with Crippen LogP contribution >= 0.6 is 0 Å². The molecule has 10 nitrogen and oxygen atoms in total. The van der Waals surface area contributed by atoms with E-state index in [0.29, 0.717) is 16.8 Å². The third kappa shape index (κ3) is 4.04. The van der Waals surface area contributed by atoms with Gasteiger partial charge in [0.05, 0.1) is 11.9 Å². The number of fused-ring (bicyclic) bond motifs is 1. The van der Waals surface area contributed by atoms with Crippen LogP contribution in [0.2, 0.25) is 0 Å². The molecule has 0 unspecified atom stereocenters. The van der Waals surface area contributed by atoms with Gasteiger partial charge in [0.1, 0.15) is 29.0 Å². The van der Waals surface area contributed by atoms with Crippen LogP contribution in [0.25, 0.3) is 11.0 Å². The lowest BCUT2D eigenvalue weighted by Gasteiger charge is -2.12. The topological polar surface area (TPSA) is 131 Å². The van der Waals surface area contributed by atoms with Crippen molar-refractivity contribution in [1.82, 2.24) is 25.3 Å². The van der Waals surface area contributed by atoms with Crippen molar-refractivity contribution >= 4 is 28.6 Å². The lowest BCUT2D eigenvalue weighted by Crippen LogP contribution is -2.20. The van der Waals surface area contributed by atoms with Crippen molar-refractivity contribution in [1.29, 1.82) is 0 Å². The second-order valence-electron chi connectivity index (χ2n) is 7.46. The van der Waals surface area contributed by atoms with E-state index < -0.39 is 11.8 Å². The number of halogens is 1. The monoisotopic (exact) mass is 411 g/mol. The van der Waals surface area contributed by atoms with E-state index in [1.165, 1.54) is 24.7 Å². The zero-order valence-corrected chi connectivity index (χ0v) is 16.4.